The van der Waals surface area contributed by atoms with Gasteiger partial charge in [0.15, 0.2) is 6.61 Å². The van der Waals surface area contributed by atoms with Crippen molar-refractivity contribution in [3.63, 3.8) is 0 Å². The molecule has 168 valence electrons. The van der Waals surface area contributed by atoms with E-state index < -0.39 is 18.5 Å². The van der Waals surface area contributed by atoms with Crippen LogP contribution < -0.4 is 4.90 Å². The van der Waals surface area contributed by atoms with Crippen LogP contribution in [0.3, 0.4) is 0 Å². The number of nitrogens with zero attached hydrogens (tertiary/aromatic N) is 3. The maximum absolute atomic E-state index is 12.8. The zero-order chi connectivity index (χ0) is 23.1. The van der Waals surface area contributed by atoms with Crippen molar-refractivity contribution in [2.24, 2.45) is 5.92 Å². The molecule has 0 radical (unpaired) electrons. The molecule has 9 heteroatoms. The van der Waals surface area contributed by atoms with Crippen molar-refractivity contribution in [2.75, 3.05) is 31.1 Å². The van der Waals surface area contributed by atoms with E-state index in [4.69, 9.17) is 21.6 Å². The number of halogens is 1. The van der Waals surface area contributed by atoms with Gasteiger partial charge in [0.1, 0.15) is 0 Å². The molecule has 0 atom stereocenters. The first-order valence-electron chi connectivity index (χ1n) is 10.3. The van der Waals surface area contributed by atoms with Gasteiger partial charge in [0.05, 0.1) is 23.3 Å². The molecular weight excluding hydrogens is 450 g/mol. The molecule has 0 aliphatic carbocycles. The molecule has 0 N–H and O–H groups in total. The number of hydrogen-bond acceptors (Lipinski definition) is 6. The largest absolute Gasteiger partial charge is 0.455 e. The predicted octanol–water partition coefficient (Wildman–Crippen LogP) is 4.05. The second-order valence-electron chi connectivity index (χ2n) is 7.54. The molecule has 1 fully saturated rings. The van der Waals surface area contributed by atoms with E-state index in [0.29, 0.717) is 41.5 Å². The monoisotopic (exact) mass is 473 g/mol. The summed E-state index contributed by atoms with van der Waals surface area (Å²) < 4.78 is 5.31. The summed E-state index contributed by atoms with van der Waals surface area (Å²) in [5.74, 6) is -1.20. The maximum atomic E-state index is 12.8. The third-order valence-electron chi connectivity index (χ3n) is 5.39. The van der Waals surface area contributed by atoms with Crippen molar-refractivity contribution in [3.8, 4) is 6.07 Å². The molecule has 1 aromatic heterocycles. The lowest BCUT2D eigenvalue weighted by Gasteiger charge is -2.30. The van der Waals surface area contributed by atoms with Gasteiger partial charge in [0.2, 0.25) is 0 Å². The van der Waals surface area contributed by atoms with Crippen LogP contribution in [0.2, 0.25) is 5.02 Å². The Bertz CT molecular complexity index is 1010. The van der Waals surface area contributed by atoms with Gasteiger partial charge in [-0.1, -0.05) is 17.7 Å². The Hall–Kier alpha value is -2.89. The number of carbonyl (C=O) groups is 3. The highest BCUT2D eigenvalue weighted by Crippen LogP contribution is 2.24. The normalized spacial score (nSPS) is 14.0. The van der Waals surface area contributed by atoms with Gasteiger partial charge in [0, 0.05) is 30.3 Å². The van der Waals surface area contributed by atoms with Crippen LogP contribution in [0.25, 0.3) is 0 Å². The molecule has 0 unspecified atom stereocenters. The quantitative estimate of drug-likeness (QED) is 0.566. The highest BCUT2D eigenvalue weighted by atomic mass is 35.5. The second kappa shape index (κ2) is 11.1. The average molecular weight is 474 g/mol. The van der Waals surface area contributed by atoms with Gasteiger partial charge < -0.3 is 14.5 Å². The lowest BCUT2D eigenvalue weighted by molar-refractivity contribution is -0.153. The zero-order valence-electron chi connectivity index (χ0n) is 17.8. The van der Waals surface area contributed by atoms with Crippen LogP contribution in [0.15, 0.2) is 35.7 Å². The summed E-state index contributed by atoms with van der Waals surface area (Å²) in [6.07, 6.45) is 1.15. The fourth-order valence-corrected chi connectivity index (χ4v) is 4.37. The summed E-state index contributed by atoms with van der Waals surface area (Å²) in [5, 5.41) is 11.4. The summed E-state index contributed by atoms with van der Waals surface area (Å²) in [6.45, 7) is 2.57. The first kappa shape index (κ1) is 23.8. The van der Waals surface area contributed by atoms with Crippen LogP contribution in [0.4, 0.5) is 5.69 Å². The van der Waals surface area contributed by atoms with E-state index in [2.05, 4.69) is 0 Å². The summed E-state index contributed by atoms with van der Waals surface area (Å²) in [6, 6.07) is 10.8. The lowest BCUT2D eigenvalue weighted by atomic mass is 9.97. The third-order valence-corrected chi connectivity index (χ3v) is 6.67. The summed E-state index contributed by atoms with van der Waals surface area (Å²) >= 11 is 7.47. The molecule has 0 saturated carbocycles. The molecule has 32 heavy (non-hydrogen) atoms. The molecular formula is C23H24ClN3O4S. The van der Waals surface area contributed by atoms with Crippen molar-refractivity contribution in [3.05, 3.63) is 51.2 Å². The van der Waals surface area contributed by atoms with E-state index in [9.17, 15) is 14.4 Å². The smallest absolute Gasteiger partial charge is 0.309 e. The highest BCUT2D eigenvalue weighted by molar-refractivity contribution is 7.12. The molecule has 1 aliphatic heterocycles. The molecule has 7 nitrogen and oxygen atoms in total. The van der Waals surface area contributed by atoms with E-state index in [1.807, 2.05) is 24.4 Å². The minimum atomic E-state index is -0.436. The first-order valence-corrected chi connectivity index (χ1v) is 11.6. The van der Waals surface area contributed by atoms with Crippen LogP contribution in [-0.4, -0.2) is 48.9 Å². The summed E-state index contributed by atoms with van der Waals surface area (Å²) in [7, 11) is 0. The number of amides is 2. The van der Waals surface area contributed by atoms with Crippen molar-refractivity contribution < 1.29 is 19.1 Å². The number of hydrogen-bond donors (Lipinski definition) is 0. The van der Waals surface area contributed by atoms with E-state index >= 15 is 0 Å². The minimum Gasteiger partial charge on any atom is -0.455 e. The number of thiophene rings is 1. The number of aryl methyl sites for hydroxylation is 1. The molecule has 1 aliphatic rings. The molecule has 0 bridgehead atoms. The van der Waals surface area contributed by atoms with E-state index in [1.54, 1.807) is 29.2 Å². The fourth-order valence-electron chi connectivity index (χ4n) is 3.56. The van der Waals surface area contributed by atoms with Gasteiger partial charge in [-0.15, -0.1) is 11.3 Å². The number of piperidine rings is 1. The van der Waals surface area contributed by atoms with Crippen LogP contribution >= 0.6 is 22.9 Å². The molecule has 0 spiro atoms. The predicted molar refractivity (Wildman–Crippen MR) is 123 cm³/mol. The third kappa shape index (κ3) is 5.87. The molecule has 1 saturated heterocycles. The number of carbonyl (C=O) groups excluding carboxylic acids is 3. The van der Waals surface area contributed by atoms with Crippen LogP contribution in [0.1, 0.15) is 34.5 Å². The number of anilines is 1. The molecule has 2 aromatic rings. The Morgan fingerprint density at radius 1 is 1.28 bits per heavy atom. The minimum absolute atomic E-state index is 0.0200. The lowest BCUT2D eigenvalue weighted by Crippen LogP contribution is -2.41. The Morgan fingerprint density at radius 3 is 2.66 bits per heavy atom. The molecule has 2 amide bonds. The van der Waals surface area contributed by atoms with E-state index in [0.717, 1.165) is 5.56 Å². The molecule has 3 rings (SSSR count). The summed E-state index contributed by atoms with van der Waals surface area (Å²) in [4.78, 5) is 41.6. The van der Waals surface area contributed by atoms with Crippen molar-refractivity contribution in [1.82, 2.24) is 4.90 Å². The molecule has 2 heterocycles. The van der Waals surface area contributed by atoms with Gasteiger partial charge >= 0.3 is 5.97 Å². The topological polar surface area (TPSA) is 90.7 Å². The van der Waals surface area contributed by atoms with Crippen LogP contribution in [0.5, 0.6) is 0 Å². The van der Waals surface area contributed by atoms with Crippen molar-refractivity contribution in [2.45, 2.75) is 26.2 Å². The SMILES string of the molecule is Cc1cc(N(CCC#N)C(=O)COC(=O)C2CCN(C(=O)c3cccs3)CC2)ccc1Cl. The number of ether oxygens (including phenoxy) is 1. The summed E-state index contributed by atoms with van der Waals surface area (Å²) in [5.41, 5.74) is 1.41. The Morgan fingerprint density at radius 2 is 2.03 bits per heavy atom. The van der Waals surface area contributed by atoms with Gasteiger partial charge in [-0.05, 0) is 55.0 Å². The second-order valence-corrected chi connectivity index (χ2v) is 8.89. The highest BCUT2D eigenvalue weighted by Gasteiger charge is 2.30. The maximum Gasteiger partial charge on any atom is 0.309 e. The number of rotatable bonds is 7. The van der Waals surface area contributed by atoms with E-state index in [1.165, 1.54) is 16.2 Å². The van der Waals surface area contributed by atoms with Crippen LogP contribution in [-0.2, 0) is 14.3 Å². The van der Waals surface area contributed by atoms with Gasteiger partial charge in [-0.2, -0.15) is 5.26 Å². The van der Waals surface area contributed by atoms with Crippen molar-refractivity contribution >= 4 is 46.4 Å². The number of benzene rings is 1. The Labute approximate surface area is 196 Å². The zero-order valence-corrected chi connectivity index (χ0v) is 19.3. The molecule has 1 aromatic carbocycles. The van der Waals surface area contributed by atoms with E-state index in [-0.39, 0.29) is 24.8 Å². The number of likely N-dealkylation sites (tertiary alicyclic amines) is 1. The van der Waals surface area contributed by atoms with Crippen molar-refractivity contribution in [1.29, 1.82) is 5.26 Å². The Balaban J connectivity index is 1.53. The fraction of sp³-hybridized carbons (Fsp3) is 0.391. The first-order chi connectivity index (χ1) is 15.4. The number of esters is 1. The average Bonchev–Trinajstić information content (AvgIpc) is 3.34. The number of nitriles is 1. The van der Waals surface area contributed by atoms with Crippen LogP contribution in [0, 0.1) is 24.2 Å². The standard InChI is InChI=1S/C23H24ClN3O4S/c1-16-14-18(5-6-19(16)24)27(10-3-9-25)21(28)15-31-23(30)17-7-11-26(12-8-17)22(29)20-4-2-13-32-20/h2,4-6,13-14,17H,3,7-8,10-12,15H2,1H3. The van der Waals surface area contributed by atoms with Gasteiger partial charge in [0.25, 0.3) is 11.8 Å². The van der Waals surface area contributed by atoms with Gasteiger partial charge in [-0.25, -0.2) is 0 Å². The van der Waals surface area contributed by atoms with Gasteiger partial charge in [-0.3, -0.25) is 14.4 Å². The Kier molecular flexibility index (Phi) is 8.26.